The average Bonchev–Trinajstić information content (AvgIpc) is 2.96. The molecule has 2 aromatic heterocycles. The van der Waals surface area contributed by atoms with Crippen LogP contribution in [0.3, 0.4) is 0 Å². The van der Waals surface area contributed by atoms with Crippen LogP contribution < -0.4 is 5.32 Å². The van der Waals surface area contributed by atoms with Gasteiger partial charge >= 0.3 is 0 Å². The molecule has 2 rings (SSSR count). The second kappa shape index (κ2) is 4.59. The van der Waals surface area contributed by atoms with Crippen molar-refractivity contribution < 1.29 is 4.79 Å². The fourth-order valence-electron chi connectivity index (χ4n) is 1.34. The number of carbonyl (C=O) groups is 1. The van der Waals surface area contributed by atoms with Gasteiger partial charge in [0.2, 0.25) is 5.82 Å². The van der Waals surface area contributed by atoms with Crippen LogP contribution in [0.5, 0.6) is 0 Å². The van der Waals surface area contributed by atoms with Crippen molar-refractivity contribution in [2.75, 3.05) is 0 Å². The minimum atomic E-state index is -0.309. The average molecular weight is 248 g/mol. The van der Waals surface area contributed by atoms with Crippen LogP contribution in [0.4, 0.5) is 0 Å². The first-order valence-electron chi connectivity index (χ1n) is 5.66. The third kappa shape index (κ3) is 2.73. The standard InChI is InChI=1S/C11H16N6O/c1-11(2,3)10-14-8(16-17-10)9(18)12-6-7-4-5-13-15-7/h4-5H,6H2,1-3H3,(H,12,18)(H,13,15)(H,14,16,17). The summed E-state index contributed by atoms with van der Waals surface area (Å²) in [4.78, 5) is 16.0. The van der Waals surface area contributed by atoms with Gasteiger partial charge in [0, 0.05) is 11.6 Å². The molecule has 1 amide bonds. The molecular formula is C11H16N6O. The Kier molecular flexibility index (Phi) is 3.14. The highest BCUT2D eigenvalue weighted by Crippen LogP contribution is 2.17. The molecule has 0 spiro atoms. The Hall–Kier alpha value is -2.18. The van der Waals surface area contributed by atoms with Gasteiger partial charge < -0.3 is 5.32 Å². The highest BCUT2D eigenvalue weighted by Gasteiger charge is 2.21. The maximum Gasteiger partial charge on any atom is 0.291 e. The molecule has 2 aromatic rings. The number of aromatic nitrogens is 5. The molecule has 7 heteroatoms. The van der Waals surface area contributed by atoms with E-state index in [2.05, 4.69) is 30.7 Å². The monoisotopic (exact) mass is 248 g/mol. The van der Waals surface area contributed by atoms with Crippen LogP contribution >= 0.6 is 0 Å². The van der Waals surface area contributed by atoms with Crippen LogP contribution in [0.2, 0.25) is 0 Å². The highest BCUT2D eigenvalue weighted by molar-refractivity contribution is 5.90. The van der Waals surface area contributed by atoms with Gasteiger partial charge in [-0.1, -0.05) is 20.8 Å². The zero-order chi connectivity index (χ0) is 13.2. The molecule has 2 heterocycles. The Labute approximate surface area is 104 Å². The summed E-state index contributed by atoms with van der Waals surface area (Å²) in [5.41, 5.74) is 0.671. The van der Waals surface area contributed by atoms with E-state index < -0.39 is 0 Å². The van der Waals surface area contributed by atoms with E-state index in [0.29, 0.717) is 12.4 Å². The number of aromatic amines is 2. The normalized spacial score (nSPS) is 11.5. The van der Waals surface area contributed by atoms with E-state index >= 15 is 0 Å². The van der Waals surface area contributed by atoms with Crippen molar-refractivity contribution in [2.24, 2.45) is 0 Å². The molecule has 0 aromatic carbocycles. The predicted molar refractivity (Wildman–Crippen MR) is 64.8 cm³/mol. The molecule has 0 atom stereocenters. The first-order chi connectivity index (χ1) is 8.47. The van der Waals surface area contributed by atoms with E-state index in [-0.39, 0.29) is 17.1 Å². The lowest BCUT2D eigenvalue weighted by molar-refractivity contribution is 0.0940. The first-order valence-corrected chi connectivity index (χ1v) is 5.66. The molecule has 3 N–H and O–H groups in total. The van der Waals surface area contributed by atoms with Crippen LogP contribution in [-0.4, -0.2) is 31.3 Å². The molecule has 7 nitrogen and oxygen atoms in total. The summed E-state index contributed by atoms with van der Waals surface area (Å²) in [6.45, 7) is 6.37. The van der Waals surface area contributed by atoms with Gasteiger partial charge in [0.05, 0.1) is 12.2 Å². The van der Waals surface area contributed by atoms with Gasteiger partial charge in [-0.3, -0.25) is 15.0 Å². The summed E-state index contributed by atoms with van der Waals surface area (Å²) in [5, 5.41) is 16.0. The number of H-pyrrole nitrogens is 2. The molecule has 0 unspecified atom stereocenters. The third-order valence-corrected chi connectivity index (χ3v) is 2.40. The van der Waals surface area contributed by atoms with Crippen LogP contribution in [0.15, 0.2) is 12.3 Å². The van der Waals surface area contributed by atoms with Crippen molar-refractivity contribution in [3.63, 3.8) is 0 Å². The smallest absolute Gasteiger partial charge is 0.291 e. The Morgan fingerprint density at radius 3 is 2.72 bits per heavy atom. The van der Waals surface area contributed by atoms with E-state index in [9.17, 15) is 4.79 Å². The molecule has 0 fully saturated rings. The quantitative estimate of drug-likeness (QED) is 0.746. The van der Waals surface area contributed by atoms with E-state index in [1.54, 1.807) is 12.3 Å². The number of hydrogen-bond donors (Lipinski definition) is 3. The SMILES string of the molecule is CC(C)(C)c1nc(C(=O)NCc2ccn[nH]2)n[nH]1. The van der Waals surface area contributed by atoms with Crippen LogP contribution in [0, 0.1) is 0 Å². The van der Waals surface area contributed by atoms with Crippen molar-refractivity contribution in [3.8, 4) is 0 Å². The van der Waals surface area contributed by atoms with Gasteiger partial charge in [0.15, 0.2) is 0 Å². The Morgan fingerprint density at radius 2 is 2.17 bits per heavy atom. The molecule has 0 aliphatic heterocycles. The zero-order valence-electron chi connectivity index (χ0n) is 10.6. The van der Waals surface area contributed by atoms with Crippen molar-refractivity contribution in [1.82, 2.24) is 30.7 Å². The van der Waals surface area contributed by atoms with Gasteiger partial charge in [0.25, 0.3) is 5.91 Å². The van der Waals surface area contributed by atoms with Gasteiger partial charge in [-0.15, -0.1) is 5.10 Å². The number of nitrogens with zero attached hydrogens (tertiary/aromatic N) is 3. The molecule has 0 bridgehead atoms. The molecule has 18 heavy (non-hydrogen) atoms. The number of rotatable bonds is 3. The first kappa shape index (κ1) is 12.3. The lowest BCUT2D eigenvalue weighted by Crippen LogP contribution is -2.24. The third-order valence-electron chi connectivity index (χ3n) is 2.40. The molecule has 0 aliphatic rings. The number of amides is 1. The second-order valence-electron chi connectivity index (χ2n) is 5.02. The van der Waals surface area contributed by atoms with Crippen LogP contribution in [0.25, 0.3) is 0 Å². The summed E-state index contributed by atoms with van der Waals surface area (Å²) in [5.74, 6) is 0.532. The topological polar surface area (TPSA) is 99.3 Å². The summed E-state index contributed by atoms with van der Waals surface area (Å²) < 4.78 is 0. The van der Waals surface area contributed by atoms with Crippen molar-refractivity contribution in [1.29, 1.82) is 0 Å². The highest BCUT2D eigenvalue weighted by atomic mass is 16.2. The largest absolute Gasteiger partial charge is 0.344 e. The summed E-state index contributed by atoms with van der Waals surface area (Å²) in [7, 11) is 0. The van der Waals surface area contributed by atoms with Gasteiger partial charge in [0.1, 0.15) is 5.82 Å². The summed E-state index contributed by atoms with van der Waals surface area (Å²) in [6, 6.07) is 1.79. The van der Waals surface area contributed by atoms with Crippen molar-refractivity contribution >= 4 is 5.91 Å². The van der Waals surface area contributed by atoms with E-state index in [1.807, 2.05) is 20.8 Å². The maximum atomic E-state index is 11.8. The lowest BCUT2D eigenvalue weighted by atomic mass is 9.96. The number of hydrogen-bond acceptors (Lipinski definition) is 4. The van der Waals surface area contributed by atoms with E-state index in [0.717, 1.165) is 5.69 Å². The van der Waals surface area contributed by atoms with Gasteiger partial charge in [-0.05, 0) is 6.07 Å². The predicted octanol–water partition coefficient (Wildman–Crippen LogP) is 0.755. The molecule has 0 saturated heterocycles. The Balaban J connectivity index is 1.99. The second-order valence-corrected chi connectivity index (χ2v) is 5.02. The van der Waals surface area contributed by atoms with Crippen LogP contribution in [0.1, 0.15) is 42.9 Å². The molecule has 0 aliphatic carbocycles. The summed E-state index contributed by atoms with van der Waals surface area (Å²) >= 11 is 0. The number of nitrogens with one attached hydrogen (secondary N) is 3. The van der Waals surface area contributed by atoms with E-state index in [4.69, 9.17) is 0 Å². The zero-order valence-corrected chi connectivity index (χ0v) is 10.6. The minimum Gasteiger partial charge on any atom is -0.344 e. The number of carbonyl (C=O) groups excluding carboxylic acids is 1. The summed E-state index contributed by atoms with van der Waals surface area (Å²) in [6.07, 6.45) is 1.63. The lowest BCUT2D eigenvalue weighted by Gasteiger charge is -2.12. The molecule has 0 saturated carbocycles. The molecular weight excluding hydrogens is 232 g/mol. The van der Waals surface area contributed by atoms with Crippen molar-refractivity contribution in [3.05, 3.63) is 29.6 Å². The van der Waals surface area contributed by atoms with Crippen LogP contribution in [-0.2, 0) is 12.0 Å². The molecule has 96 valence electrons. The van der Waals surface area contributed by atoms with Crippen molar-refractivity contribution in [2.45, 2.75) is 32.7 Å². The van der Waals surface area contributed by atoms with E-state index in [1.165, 1.54) is 0 Å². The Morgan fingerprint density at radius 1 is 1.39 bits per heavy atom. The maximum absolute atomic E-state index is 11.8. The fraction of sp³-hybridized carbons (Fsp3) is 0.455. The molecule has 0 radical (unpaired) electrons. The minimum absolute atomic E-state index is 0.152. The fourth-order valence-corrected chi connectivity index (χ4v) is 1.34. The Bertz CT molecular complexity index is 522. The van der Waals surface area contributed by atoms with Gasteiger partial charge in [-0.25, -0.2) is 4.98 Å². The van der Waals surface area contributed by atoms with Gasteiger partial charge in [-0.2, -0.15) is 5.10 Å².